The Balaban J connectivity index is 1.51. The summed E-state index contributed by atoms with van der Waals surface area (Å²) >= 11 is 11.8. The number of halogens is 2. The third kappa shape index (κ3) is 6.91. The fourth-order valence-corrected chi connectivity index (χ4v) is 2.96. The van der Waals surface area contributed by atoms with Crippen molar-refractivity contribution in [1.82, 2.24) is 0 Å². The number of carbonyl (C=O) groups excluding carboxylic acids is 2. The summed E-state index contributed by atoms with van der Waals surface area (Å²) in [7, 11) is 0. The number of para-hydroxylation sites is 2. The number of benzene rings is 3. The number of ether oxygens (including phenoxy) is 4. The largest absolute Gasteiger partial charge is 0.490 e. The monoisotopic (exact) mass is 460 g/mol. The van der Waals surface area contributed by atoms with Crippen LogP contribution in [-0.4, -0.2) is 31.8 Å². The first-order valence-corrected chi connectivity index (χ1v) is 10.0. The molecule has 160 valence electrons. The van der Waals surface area contributed by atoms with Crippen molar-refractivity contribution in [1.29, 1.82) is 0 Å². The van der Waals surface area contributed by atoms with Gasteiger partial charge < -0.3 is 18.9 Å². The number of hydrogen-bond acceptors (Lipinski definition) is 6. The second-order valence-electron chi connectivity index (χ2n) is 6.13. The molecule has 0 N–H and O–H groups in total. The average Bonchev–Trinajstić information content (AvgIpc) is 2.77. The summed E-state index contributed by atoms with van der Waals surface area (Å²) in [6, 6.07) is 20.1. The molecular formula is C23H18Cl2O6. The fraction of sp³-hybridized carbons (Fsp3) is 0.130. The molecule has 3 aromatic carbocycles. The maximum Gasteiger partial charge on any atom is 0.349 e. The summed E-state index contributed by atoms with van der Waals surface area (Å²) in [5.74, 6) is -0.324. The Morgan fingerprint density at radius 3 is 2.29 bits per heavy atom. The van der Waals surface area contributed by atoms with E-state index in [1.54, 1.807) is 36.4 Å². The van der Waals surface area contributed by atoms with Gasteiger partial charge in [0.1, 0.15) is 36.0 Å². The zero-order chi connectivity index (χ0) is 22.1. The SMILES string of the molecule is O=C(COc1ccc(Cl)cc1Cl)Oc1ccccc1C(=O)OCCOc1ccccc1. The van der Waals surface area contributed by atoms with Crippen LogP contribution < -0.4 is 14.2 Å². The first-order valence-electron chi connectivity index (χ1n) is 9.25. The van der Waals surface area contributed by atoms with Crippen LogP contribution >= 0.6 is 23.2 Å². The first kappa shape index (κ1) is 22.5. The van der Waals surface area contributed by atoms with E-state index >= 15 is 0 Å². The van der Waals surface area contributed by atoms with Gasteiger partial charge in [-0.05, 0) is 42.5 Å². The van der Waals surface area contributed by atoms with Gasteiger partial charge in [0.15, 0.2) is 6.61 Å². The van der Waals surface area contributed by atoms with Crippen molar-refractivity contribution in [2.75, 3.05) is 19.8 Å². The second-order valence-corrected chi connectivity index (χ2v) is 6.97. The fourth-order valence-electron chi connectivity index (χ4n) is 2.49. The van der Waals surface area contributed by atoms with Gasteiger partial charge in [0.05, 0.1) is 5.02 Å². The first-order chi connectivity index (χ1) is 15.0. The highest BCUT2D eigenvalue weighted by Gasteiger charge is 2.17. The van der Waals surface area contributed by atoms with Gasteiger partial charge in [-0.2, -0.15) is 0 Å². The molecule has 0 aromatic heterocycles. The van der Waals surface area contributed by atoms with Crippen LogP contribution in [-0.2, 0) is 9.53 Å². The molecule has 0 saturated heterocycles. The van der Waals surface area contributed by atoms with E-state index in [0.29, 0.717) is 10.8 Å². The highest BCUT2D eigenvalue weighted by molar-refractivity contribution is 6.35. The molecule has 0 heterocycles. The molecule has 0 amide bonds. The topological polar surface area (TPSA) is 71.1 Å². The van der Waals surface area contributed by atoms with Crippen molar-refractivity contribution >= 4 is 35.1 Å². The molecule has 6 nitrogen and oxygen atoms in total. The molecule has 0 radical (unpaired) electrons. The Kier molecular flexibility index (Phi) is 8.15. The van der Waals surface area contributed by atoms with Gasteiger partial charge in [-0.15, -0.1) is 0 Å². The lowest BCUT2D eigenvalue weighted by Gasteiger charge is -2.11. The summed E-state index contributed by atoms with van der Waals surface area (Å²) < 4.78 is 21.3. The minimum atomic E-state index is -0.710. The number of rotatable bonds is 9. The molecule has 0 saturated carbocycles. The van der Waals surface area contributed by atoms with Crippen molar-refractivity contribution in [3.8, 4) is 17.2 Å². The van der Waals surface area contributed by atoms with Gasteiger partial charge in [0, 0.05) is 5.02 Å². The van der Waals surface area contributed by atoms with E-state index in [4.69, 9.17) is 42.1 Å². The van der Waals surface area contributed by atoms with Crippen molar-refractivity contribution in [3.63, 3.8) is 0 Å². The molecule has 0 aliphatic rings. The standard InChI is InChI=1S/C23H18Cl2O6/c24-16-10-11-21(19(25)14-16)30-15-22(26)31-20-9-5-4-8-18(20)23(27)29-13-12-28-17-6-2-1-3-7-17/h1-11,14H,12-13,15H2. The van der Waals surface area contributed by atoms with Gasteiger partial charge in [0.2, 0.25) is 0 Å². The average molecular weight is 461 g/mol. The van der Waals surface area contributed by atoms with Crippen molar-refractivity contribution in [2.24, 2.45) is 0 Å². The van der Waals surface area contributed by atoms with E-state index in [9.17, 15) is 9.59 Å². The predicted octanol–water partition coefficient (Wildman–Crippen LogP) is 5.21. The molecule has 0 atom stereocenters. The molecule has 0 fully saturated rings. The second kappa shape index (κ2) is 11.2. The quantitative estimate of drug-likeness (QED) is 0.248. The molecule has 8 heteroatoms. The molecule has 31 heavy (non-hydrogen) atoms. The van der Waals surface area contributed by atoms with E-state index in [1.807, 2.05) is 18.2 Å². The van der Waals surface area contributed by atoms with Gasteiger partial charge in [-0.25, -0.2) is 9.59 Å². The summed E-state index contributed by atoms with van der Waals surface area (Å²) in [5, 5.41) is 0.712. The number of esters is 2. The maximum atomic E-state index is 12.4. The van der Waals surface area contributed by atoms with Crippen molar-refractivity contribution in [2.45, 2.75) is 0 Å². The van der Waals surface area contributed by atoms with Crippen molar-refractivity contribution < 1.29 is 28.5 Å². The highest BCUT2D eigenvalue weighted by Crippen LogP contribution is 2.27. The van der Waals surface area contributed by atoms with Gasteiger partial charge in [0.25, 0.3) is 0 Å². The van der Waals surface area contributed by atoms with Crippen molar-refractivity contribution in [3.05, 3.63) is 88.4 Å². The van der Waals surface area contributed by atoms with Crippen LogP contribution in [0.3, 0.4) is 0 Å². The Morgan fingerprint density at radius 1 is 0.774 bits per heavy atom. The summed E-state index contributed by atoms with van der Waals surface area (Å²) in [5.41, 5.74) is 0.111. The van der Waals surface area contributed by atoms with E-state index in [0.717, 1.165) is 0 Å². The highest BCUT2D eigenvalue weighted by atomic mass is 35.5. The lowest BCUT2D eigenvalue weighted by molar-refractivity contribution is -0.136. The van der Waals surface area contributed by atoms with Crippen LogP contribution in [0.15, 0.2) is 72.8 Å². The Morgan fingerprint density at radius 2 is 1.52 bits per heavy atom. The Labute approximate surface area is 189 Å². The zero-order valence-electron chi connectivity index (χ0n) is 16.3. The van der Waals surface area contributed by atoms with Crippen LogP contribution in [0.5, 0.6) is 17.2 Å². The third-order valence-electron chi connectivity index (χ3n) is 3.90. The lowest BCUT2D eigenvalue weighted by Crippen LogP contribution is -2.20. The van der Waals surface area contributed by atoms with Gasteiger partial charge in [-0.3, -0.25) is 0 Å². The van der Waals surface area contributed by atoms with Crippen LogP contribution in [0, 0.1) is 0 Å². The maximum absolute atomic E-state index is 12.4. The lowest BCUT2D eigenvalue weighted by atomic mass is 10.2. The minimum absolute atomic E-state index is 0.0359. The summed E-state index contributed by atoms with van der Waals surface area (Å²) in [4.78, 5) is 24.6. The zero-order valence-corrected chi connectivity index (χ0v) is 17.8. The smallest absolute Gasteiger partial charge is 0.349 e. The molecule has 3 rings (SSSR count). The van der Waals surface area contributed by atoms with Crippen LogP contribution in [0.25, 0.3) is 0 Å². The predicted molar refractivity (Wildman–Crippen MR) is 116 cm³/mol. The van der Waals surface area contributed by atoms with Gasteiger partial charge in [-0.1, -0.05) is 53.5 Å². The third-order valence-corrected chi connectivity index (χ3v) is 4.43. The molecule has 0 bridgehead atoms. The van der Waals surface area contributed by atoms with Crippen LogP contribution in [0.1, 0.15) is 10.4 Å². The summed E-state index contributed by atoms with van der Waals surface area (Å²) in [6.07, 6.45) is 0. The van der Waals surface area contributed by atoms with Crippen LogP contribution in [0.4, 0.5) is 0 Å². The number of carbonyl (C=O) groups is 2. The molecular weight excluding hydrogens is 443 g/mol. The van der Waals surface area contributed by atoms with E-state index in [2.05, 4.69) is 0 Å². The molecule has 0 spiro atoms. The summed E-state index contributed by atoms with van der Waals surface area (Å²) in [6.45, 7) is -0.183. The molecule has 0 aliphatic heterocycles. The Hall–Kier alpha value is -3.22. The van der Waals surface area contributed by atoms with E-state index in [1.165, 1.54) is 18.2 Å². The normalized spacial score (nSPS) is 10.3. The minimum Gasteiger partial charge on any atom is -0.490 e. The van der Waals surface area contributed by atoms with Gasteiger partial charge >= 0.3 is 11.9 Å². The number of hydrogen-bond donors (Lipinski definition) is 0. The molecule has 3 aromatic rings. The molecule has 0 aliphatic carbocycles. The van der Waals surface area contributed by atoms with E-state index < -0.39 is 18.5 Å². The Bertz CT molecular complexity index is 1040. The van der Waals surface area contributed by atoms with Crippen LogP contribution in [0.2, 0.25) is 10.0 Å². The van der Waals surface area contributed by atoms with E-state index in [-0.39, 0.29) is 35.3 Å². The molecule has 0 unspecified atom stereocenters.